The Balaban J connectivity index is 1.82. The van der Waals surface area contributed by atoms with E-state index in [2.05, 4.69) is 5.32 Å². The summed E-state index contributed by atoms with van der Waals surface area (Å²) >= 11 is 0. The molecule has 1 heterocycles. The first-order valence-corrected chi connectivity index (χ1v) is 6.86. The van der Waals surface area contributed by atoms with Crippen molar-refractivity contribution in [3.05, 3.63) is 35.4 Å². The number of ether oxygens (including phenoxy) is 1. The molecular weight excluding hydrogens is 258 g/mol. The second-order valence-corrected chi connectivity index (χ2v) is 5.01. The normalized spacial score (nSPS) is 18.5. The number of rotatable bonds is 5. The Labute approximate surface area is 117 Å². The minimum Gasteiger partial charge on any atom is -0.478 e. The third-order valence-electron chi connectivity index (χ3n) is 3.46. The van der Waals surface area contributed by atoms with Gasteiger partial charge in [-0.1, -0.05) is 6.07 Å². The van der Waals surface area contributed by atoms with Crippen molar-refractivity contribution in [2.75, 3.05) is 19.8 Å². The fourth-order valence-electron chi connectivity index (χ4n) is 2.32. The van der Waals surface area contributed by atoms with Crippen LogP contribution in [0.5, 0.6) is 0 Å². The summed E-state index contributed by atoms with van der Waals surface area (Å²) in [6.45, 7) is 2.19. The summed E-state index contributed by atoms with van der Waals surface area (Å²) in [5.74, 6) is -0.752. The molecule has 0 unspecified atom stereocenters. The maximum Gasteiger partial charge on any atom is 0.335 e. The summed E-state index contributed by atoms with van der Waals surface area (Å²) < 4.78 is 5.39. The summed E-state index contributed by atoms with van der Waals surface area (Å²) in [4.78, 5) is 22.8. The standard InChI is InChI=1S/C15H19NO4/c17-14(12-4-1-5-13(9-12)15(18)19)16-7-6-11-3-2-8-20-10-11/h1,4-5,9,11H,2-3,6-8,10H2,(H,16,17)(H,18,19)/t11-/m1/s1. The number of nitrogens with one attached hydrogen (secondary N) is 1. The zero-order valence-electron chi connectivity index (χ0n) is 11.3. The highest BCUT2D eigenvalue weighted by atomic mass is 16.5. The molecule has 0 saturated carbocycles. The number of hydrogen-bond donors (Lipinski definition) is 2. The van der Waals surface area contributed by atoms with E-state index in [1.807, 2.05) is 0 Å². The van der Waals surface area contributed by atoms with Crippen molar-refractivity contribution in [3.63, 3.8) is 0 Å². The fourth-order valence-corrected chi connectivity index (χ4v) is 2.32. The van der Waals surface area contributed by atoms with Gasteiger partial charge in [0.2, 0.25) is 0 Å². The van der Waals surface area contributed by atoms with Crippen LogP contribution in [0.2, 0.25) is 0 Å². The largest absolute Gasteiger partial charge is 0.478 e. The number of benzene rings is 1. The van der Waals surface area contributed by atoms with E-state index in [0.717, 1.165) is 32.5 Å². The highest BCUT2D eigenvalue weighted by molar-refractivity contribution is 5.97. The predicted octanol–water partition coefficient (Wildman–Crippen LogP) is 1.93. The molecule has 2 N–H and O–H groups in total. The number of carboxylic acids is 1. The van der Waals surface area contributed by atoms with Gasteiger partial charge in [0.15, 0.2) is 0 Å². The van der Waals surface area contributed by atoms with Crippen LogP contribution in [0.25, 0.3) is 0 Å². The van der Waals surface area contributed by atoms with Gasteiger partial charge in [0.25, 0.3) is 5.91 Å². The van der Waals surface area contributed by atoms with Gasteiger partial charge in [0.05, 0.1) is 5.56 Å². The molecule has 1 aromatic rings. The van der Waals surface area contributed by atoms with Crippen LogP contribution in [0.3, 0.4) is 0 Å². The second-order valence-electron chi connectivity index (χ2n) is 5.01. The van der Waals surface area contributed by atoms with Gasteiger partial charge in [-0.3, -0.25) is 4.79 Å². The van der Waals surface area contributed by atoms with E-state index in [1.54, 1.807) is 12.1 Å². The third-order valence-corrected chi connectivity index (χ3v) is 3.46. The van der Waals surface area contributed by atoms with Crippen molar-refractivity contribution >= 4 is 11.9 Å². The van der Waals surface area contributed by atoms with Crippen LogP contribution in [0.4, 0.5) is 0 Å². The van der Waals surface area contributed by atoms with Crippen LogP contribution in [0.15, 0.2) is 24.3 Å². The van der Waals surface area contributed by atoms with Gasteiger partial charge in [-0.25, -0.2) is 4.79 Å². The lowest BCUT2D eigenvalue weighted by atomic mass is 9.99. The molecule has 0 aromatic heterocycles. The summed E-state index contributed by atoms with van der Waals surface area (Å²) in [5, 5.41) is 11.7. The highest BCUT2D eigenvalue weighted by Gasteiger charge is 2.14. The van der Waals surface area contributed by atoms with Gasteiger partial charge >= 0.3 is 5.97 Å². The molecule has 5 heteroatoms. The van der Waals surface area contributed by atoms with Gasteiger partial charge in [-0.2, -0.15) is 0 Å². The zero-order valence-corrected chi connectivity index (χ0v) is 11.3. The van der Waals surface area contributed by atoms with Crippen LogP contribution in [-0.2, 0) is 4.74 Å². The van der Waals surface area contributed by atoms with Crippen molar-refractivity contribution in [1.82, 2.24) is 5.32 Å². The molecule has 1 saturated heterocycles. The van der Waals surface area contributed by atoms with Crippen LogP contribution >= 0.6 is 0 Å². The van der Waals surface area contributed by atoms with E-state index in [9.17, 15) is 9.59 Å². The van der Waals surface area contributed by atoms with Gasteiger partial charge in [-0.05, 0) is 43.4 Å². The molecular formula is C15H19NO4. The van der Waals surface area contributed by atoms with Crippen LogP contribution in [-0.4, -0.2) is 36.7 Å². The van der Waals surface area contributed by atoms with Gasteiger partial charge in [0, 0.05) is 25.3 Å². The summed E-state index contributed by atoms with van der Waals surface area (Å²) in [6.07, 6.45) is 3.12. The molecule has 1 aliphatic heterocycles. The average molecular weight is 277 g/mol. The Morgan fingerprint density at radius 2 is 2.15 bits per heavy atom. The van der Waals surface area contributed by atoms with E-state index >= 15 is 0 Å². The number of hydrogen-bond acceptors (Lipinski definition) is 3. The molecule has 0 spiro atoms. The highest BCUT2D eigenvalue weighted by Crippen LogP contribution is 2.16. The van der Waals surface area contributed by atoms with E-state index in [4.69, 9.17) is 9.84 Å². The fraction of sp³-hybridized carbons (Fsp3) is 0.467. The molecule has 20 heavy (non-hydrogen) atoms. The average Bonchev–Trinajstić information content (AvgIpc) is 2.48. The van der Waals surface area contributed by atoms with Crippen LogP contribution < -0.4 is 5.32 Å². The predicted molar refractivity (Wildman–Crippen MR) is 73.9 cm³/mol. The molecule has 0 bridgehead atoms. The SMILES string of the molecule is O=C(O)c1cccc(C(=O)NCC[C@H]2CCCOC2)c1. The first-order chi connectivity index (χ1) is 9.66. The number of carbonyl (C=O) groups excluding carboxylic acids is 1. The topological polar surface area (TPSA) is 75.6 Å². The van der Waals surface area contributed by atoms with Crippen molar-refractivity contribution in [1.29, 1.82) is 0 Å². The Kier molecular flexibility index (Phi) is 5.12. The number of aromatic carboxylic acids is 1. The molecule has 1 atom stereocenters. The van der Waals surface area contributed by atoms with Crippen molar-refractivity contribution in [2.45, 2.75) is 19.3 Å². The zero-order chi connectivity index (χ0) is 14.4. The quantitative estimate of drug-likeness (QED) is 0.862. The number of carbonyl (C=O) groups is 2. The number of carboxylic acid groups (broad SMARTS) is 1. The smallest absolute Gasteiger partial charge is 0.335 e. The molecule has 0 aliphatic carbocycles. The van der Waals surface area contributed by atoms with Crippen LogP contribution in [0, 0.1) is 5.92 Å². The summed E-state index contributed by atoms with van der Waals surface area (Å²) in [7, 11) is 0. The monoisotopic (exact) mass is 277 g/mol. The maximum absolute atomic E-state index is 11.9. The molecule has 1 amide bonds. The van der Waals surface area contributed by atoms with Crippen molar-refractivity contribution in [2.24, 2.45) is 5.92 Å². The van der Waals surface area contributed by atoms with E-state index in [0.29, 0.717) is 18.0 Å². The molecule has 1 aromatic carbocycles. The summed E-state index contributed by atoms with van der Waals surface area (Å²) in [6, 6.07) is 6.05. The lowest BCUT2D eigenvalue weighted by Crippen LogP contribution is -2.28. The molecule has 1 aliphatic rings. The Hall–Kier alpha value is -1.88. The Bertz CT molecular complexity index is 481. The first-order valence-electron chi connectivity index (χ1n) is 6.86. The first kappa shape index (κ1) is 14.5. The Morgan fingerprint density at radius 1 is 1.35 bits per heavy atom. The van der Waals surface area contributed by atoms with Gasteiger partial charge < -0.3 is 15.2 Å². The lowest BCUT2D eigenvalue weighted by molar-refractivity contribution is 0.0514. The lowest BCUT2D eigenvalue weighted by Gasteiger charge is -2.21. The van der Waals surface area contributed by atoms with Crippen molar-refractivity contribution in [3.8, 4) is 0 Å². The second kappa shape index (κ2) is 7.05. The minimum absolute atomic E-state index is 0.123. The molecule has 5 nitrogen and oxygen atoms in total. The van der Waals surface area contributed by atoms with E-state index < -0.39 is 5.97 Å². The van der Waals surface area contributed by atoms with Gasteiger partial charge in [-0.15, -0.1) is 0 Å². The van der Waals surface area contributed by atoms with E-state index in [-0.39, 0.29) is 11.5 Å². The third kappa shape index (κ3) is 4.06. The Morgan fingerprint density at radius 3 is 2.85 bits per heavy atom. The van der Waals surface area contributed by atoms with Gasteiger partial charge in [0.1, 0.15) is 0 Å². The molecule has 0 radical (unpaired) electrons. The molecule has 108 valence electrons. The van der Waals surface area contributed by atoms with E-state index in [1.165, 1.54) is 12.1 Å². The maximum atomic E-state index is 11.9. The van der Waals surface area contributed by atoms with Crippen LogP contribution in [0.1, 0.15) is 40.0 Å². The minimum atomic E-state index is -1.03. The molecule has 2 rings (SSSR count). The van der Waals surface area contributed by atoms with Crippen molar-refractivity contribution < 1.29 is 19.4 Å². The number of amides is 1. The summed E-state index contributed by atoms with van der Waals surface area (Å²) in [5.41, 5.74) is 0.503. The molecule has 1 fully saturated rings.